The van der Waals surface area contributed by atoms with Crippen LogP contribution in [0, 0.1) is 0 Å². The number of carbonyl (C=O) groups is 1. The van der Waals surface area contributed by atoms with E-state index in [1.807, 2.05) is 18.2 Å². The summed E-state index contributed by atoms with van der Waals surface area (Å²) in [4.78, 5) is 16.5. The van der Waals surface area contributed by atoms with Crippen LogP contribution in [0.3, 0.4) is 0 Å². The Morgan fingerprint density at radius 3 is 2.52 bits per heavy atom. The van der Waals surface area contributed by atoms with Crippen molar-refractivity contribution in [1.82, 2.24) is 9.88 Å². The van der Waals surface area contributed by atoms with Crippen molar-refractivity contribution in [2.24, 2.45) is 0 Å². The fraction of sp³-hybridized carbons (Fsp3) is 0.278. The van der Waals surface area contributed by atoms with Crippen LogP contribution in [0.4, 0.5) is 18.0 Å². The second-order valence-electron chi connectivity index (χ2n) is 5.75. The zero-order valence-electron chi connectivity index (χ0n) is 13.3. The van der Waals surface area contributed by atoms with Crippen LogP contribution in [-0.4, -0.2) is 29.1 Å². The Kier molecular flexibility index (Phi) is 4.83. The van der Waals surface area contributed by atoms with E-state index in [0.717, 1.165) is 29.0 Å². The molecule has 1 amide bonds. The summed E-state index contributed by atoms with van der Waals surface area (Å²) in [6.07, 6.45) is -0.565. The standard InChI is InChI=1S/C18H17F3N2O2/c19-18(20,21)15-5-3-13(4-6-15)14-7-10-23(11-8-14)17(24)25-12-16-2-1-9-22-16/h1-7,9,22H,8,10-12H2. The Morgan fingerprint density at radius 1 is 1.20 bits per heavy atom. The van der Waals surface area contributed by atoms with E-state index < -0.39 is 17.8 Å². The lowest BCUT2D eigenvalue weighted by Gasteiger charge is -2.26. The number of aromatic amines is 1. The maximum Gasteiger partial charge on any atom is 0.416 e. The van der Waals surface area contributed by atoms with Gasteiger partial charge in [0.25, 0.3) is 0 Å². The first-order valence-electron chi connectivity index (χ1n) is 7.84. The molecule has 132 valence electrons. The number of ether oxygens (including phenoxy) is 1. The molecule has 2 heterocycles. The first kappa shape index (κ1) is 17.1. The number of nitrogens with one attached hydrogen (secondary N) is 1. The summed E-state index contributed by atoms with van der Waals surface area (Å²) < 4.78 is 43.0. The van der Waals surface area contributed by atoms with Gasteiger partial charge in [0.05, 0.1) is 11.3 Å². The van der Waals surface area contributed by atoms with Crippen LogP contribution in [0.2, 0.25) is 0 Å². The van der Waals surface area contributed by atoms with Crippen molar-refractivity contribution in [2.75, 3.05) is 13.1 Å². The third kappa shape index (κ3) is 4.23. The van der Waals surface area contributed by atoms with Crippen molar-refractivity contribution >= 4 is 11.7 Å². The molecule has 0 unspecified atom stereocenters. The van der Waals surface area contributed by atoms with E-state index in [2.05, 4.69) is 4.98 Å². The first-order chi connectivity index (χ1) is 11.9. The Hall–Kier alpha value is -2.70. The zero-order valence-corrected chi connectivity index (χ0v) is 13.3. The number of H-pyrrole nitrogens is 1. The van der Waals surface area contributed by atoms with Gasteiger partial charge in [-0.2, -0.15) is 13.2 Å². The van der Waals surface area contributed by atoms with Crippen LogP contribution in [0.5, 0.6) is 0 Å². The van der Waals surface area contributed by atoms with Crippen LogP contribution < -0.4 is 0 Å². The highest BCUT2D eigenvalue weighted by Gasteiger charge is 2.30. The second kappa shape index (κ2) is 7.04. The van der Waals surface area contributed by atoms with Gasteiger partial charge in [0, 0.05) is 19.3 Å². The van der Waals surface area contributed by atoms with Gasteiger partial charge in [-0.15, -0.1) is 0 Å². The lowest BCUT2D eigenvalue weighted by atomic mass is 9.98. The number of rotatable bonds is 3. The monoisotopic (exact) mass is 350 g/mol. The van der Waals surface area contributed by atoms with Gasteiger partial charge in [-0.1, -0.05) is 18.2 Å². The van der Waals surface area contributed by atoms with Crippen molar-refractivity contribution in [3.8, 4) is 0 Å². The van der Waals surface area contributed by atoms with Crippen LogP contribution in [0.25, 0.3) is 5.57 Å². The predicted octanol–water partition coefficient (Wildman–Crippen LogP) is 4.46. The summed E-state index contributed by atoms with van der Waals surface area (Å²) >= 11 is 0. The molecule has 1 aromatic heterocycles. The molecule has 25 heavy (non-hydrogen) atoms. The molecule has 0 saturated carbocycles. The molecule has 0 spiro atoms. The van der Waals surface area contributed by atoms with Gasteiger partial charge in [-0.3, -0.25) is 0 Å². The normalized spacial score (nSPS) is 15.0. The van der Waals surface area contributed by atoms with Crippen molar-refractivity contribution in [1.29, 1.82) is 0 Å². The van der Waals surface area contributed by atoms with E-state index in [-0.39, 0.29) is 6.61 Å². The molecule has 1 aromatic carbocycles. The second-order valence-corrected chi connectivity index (χ2v) is 5.75. The quantitative estimate of drug-likeness (QED) is 0.888. The van der Waals surface area contributed by atoms with Crippen LogP contribution in [0.15, 0.2) is 48.7 Å². The minimum atomic E-state index is -4.33. The number of hydrogen-bond acceptors (Lipinski definition) is 2. The topological polar surface area (TPSA) is 45.3 Å². The van der Waals surface area contributed by atoms with E-state index in [1.165, 1.54) is 12.1 Å². The summed E-state index contributed by atoms with van der Waals surface area (Å²) in [5, 5.41) is 0. The maximum absolute atomic E-state index is 12.6. The zero-order chi connectivity index (χ0) is 17.9. The highest BCUT2D eigenvalue weighted by atomic mass is 19.4. The van der Waals surface area contributed by atoms with Gasteiger partial charge < -0.3 is 14.6 Å². The third-order valence-corrected chi connectivity index (χ3v) is 4.06. The van der Waals surface area contributed by atoms with Crippen LogP contribution >= 0.6 is 0 Å². The predicted molar refractivity (Wildman–Crippen MR) is 86.6 cm³/mol. The molecular weight excluding hydrogens is 333 g/mol. The average molecular weight is 350 g/mol. The number of hydrogen-bond donors (Lipinski definition) is 1. The lowest BCUT2D eigenvalue weighted by Crippen LogP contribution is -2.35. The fourth-order valence-electron chi connectivity index (χ4n) is 2.66. The maximum atomic E-state index is 12.6. The Labute approximate surface area is 142 Å². The van der Waals surface area contributed by atoms with E-state index in [1.54, 1.807) is 11.1 Å². The first-order valence-corrected chi connectivity index (χ1v) is 7.84. The highest BCUT2D eigenvalue weighted by Crippen LogP contribution is 2.31. The molecule has 0 saturated heterocycles. The van der Waals surface area contributed by atoms with E-state index in [4.69, 9.17) is 4.74 Å². The van der Waals surface area contributed by atoms with Gasteiger partial charge in [0.15, 0.2) is 0 Å². The number of nitrogens with zero attached hydrogens (tertiary/aromatic N) is 1. The summed E-state index contributed by atoms with van der Waals surface area (Å²) in [5.74, 6) is 0. The smallest absolute Gasteiger partial charge is 0.416 e. The number of carbonyl (C=O) groups excluding carboxylic acids is 1. The Bertz CT molecular complexity index is 750. The highest BCUT2D eigenvalue weighted by molar-refractivity contribution is 5.72. The van der Waals surface area contributed by atoms with Gasteiger partial charge in [-0.25, -0.2) is 4.79 Å². The van der Waals surface area contributed by atoms with Gasteiger partial charge in [0.1, 0.15) is 6.61 Å². The largest absolute Gasteiger partial charge is 0.443 e. The molecule has 4 nitrogen and oxygen atoms in total. The molecule has 0 radical (unpaired) electrons. The molecule has 0 fully saturated rings. The molecule has 3 rings (SSSR count). The number of halogens is 3. The fourth-order valence-corrected chi connectivity index (χ4v) is 2.66. The molecule has 0 aliphatic carbocycles. The third-order valence-electron chi connectivity index (χ3n) is 4.06. The van der Waals surface area contributed by atoms with Gasteiger partial charge in [0.2, 0.25) is 0 Å². The van der Waals surface area contributed by atoms with Crippen molar-refractivity contribution in [2.45, 2.75) is 19.2 Å². The van der Waals surface area contributed by atoms with Crippen LogP contribution in [0.1, 0.15) is 23.2 Å². The number of aromatic nitrogens is 1. The van der Waals surface area contributed by atoms with E-state index in [0.29, 0.717) is 19.5 Å². The molecule has 1 N–H and O–H groups in total. The molecule has 1 aliphatic heterocycles. The molecule has 2 aromatic rings. The van der Waals surface area contributed by atoms with Crippen molar-refractivity contribution < 1.29 is 22.7 Å². The van der Waals surface area contributed by atoms with Gasteiger partial charge >= 0.3 is 12.3 Å². The molecular formula is C18H17F3N2O2. The summed E-state index contributed by atoms with van der Waals surface area (Å²) in [6, 6.07) is 8.73. The SMILES string of the molecule is O=C(OCc1ccc[nH]1)N1CC=C(c2ccc(C(F)(F)F)cc2)CC1. The molecule has 0 bridgehead atoms. The minimum absolute atomic E-state index is 0.178. The van der Waals surface area contributed by atoms with Crippen molar-refractivity contribution in [3.05, 3.63) is 65.5 Å². The van der Waals surface area contributed by atoms with E-state index >= 15 is 0 Å². The summed E-state index contributed by atoms with van der Waals surface area (Å²) in [5.41, 5.74) is 1.82. The minimum Gasteiger partial charge on any atom is -0.443 e. The van der Waals surface area contributed by atoms with Gasteiger partial charge in [-0.05, 0) is 41.8 Å². The average Bonchev–Trinajstić information content (AvgIpc) is 3.13. The molecule has 0 atom stereocenters. The summed E-state index contributed by atoms with van der Waals surface area (Å²) in [6.45, 7) is 1.02. The molecule has 1 aliphatic rings. The summed E-state index contributed by atoms with van der Waals surface area (Å²) in [7, 11) is 0. The Balaban J connectivity index is 1.57. The Morgan fingerprint density at radius 2 is 1.96 bits per heavy atom. The lowest BCUT2D eigenvalue weighted by molar-refractivity contribution is -0.137. The number of amides is 1. The van der Waals surface area contributed by atoms with E-state index in [9.17, 15) is 18.0 Å². The van der Waals surface area contributed by atoms with Crippen molar-refractivity contribution in [3.63, 3.8) is 0 Å². The number of benzene rings is 1. The number of alkyl halides is 3. The molecule has 7 heteroatoms. The van der Waals surface area contributed by atoms with Crippen LogP contribution in [-0.2, 0) is 17.5 Å².